The predicted molar refractivity (Wildman–Crippen MR) is 66.5 cm³/mol. The lowest BCUT2D eigenvalue weighted by atomic mass is 10.1. The number of hydrogen-bond donors (Lipinski definition) is 1. The maximum Gasteiger partial charge on any atom is 0.132 e. The molecule has 86 valence electrons. The molecular formula is C12H16ClN3. The molecule has 1 aromatic rings. The van der Waals surface area contributed by atoms with Crippen molar-refractivity contribution in [3.63, 3.8) is 0 Å². The minimum absolute atomic E-state index is 0.352. The molecule has 0 aliphatic heterocycles. The molecule has 1 rings (SSSR count). The summed E-state index contributed by atoms with van der Waals surface area (Å²) >= 11 is 5.79. The molecule has 0 spiro atoms. The van der Waals surface area contributed by atoms with Crippen molar-refractivity contribution in [2.24, 2.45) is 5.92 Å². The highest BCUT2D eigenvalue weighted by atomic mass is 35.5. The zero-order valence-corrected chi connectivity index (χ0v) is 10.4. The molecule has 0 unspecified atom stereocenters. The number of aromatic nitrogens is 1. The summed E-state index contributed by atoms with van der Waals surface area (Å²) in [5, 5.41) is 12.3. The van der Waals surface area contributed by atoms with Gasteiger partial charge in [-0.1, -0.05) is 25.4 Å². The molecule has 0 radical (unpaired) electrons. The number of nitrogens with one attached hydrogen (secondary N) is 1. The number of nitrogens with zero attached hydrogens (tertiary/aromatic N) is 2. The van der Waals surface area contributed by atoms with Crippen molar-refractivity contribution in [2.75, 3.05) is 11.9 Å². The van der Waals surface area contributed by atoms with Gasteiger partial charge in [-0.15, -0.1) is 0 Å². The van der Waals surface area contributed by atoms with Crippen LogP contribution in [0.3, 0.4) is 0 Å². The Hall–Kier alpha value is -1.27. The molecule has 0 aliphatic rings. The van der Waals surface area contributed by atoms with Crippen LogP contribution in [0.15, 0.2) is 12.1 Å². The van der Waals surface area contributed by atoms with Gasteiger partial charge in [-0.3, -0.25) is 0 Å². The Morgan fingerprint density at radius 2 is 2.25 bits per heavy atom. The zero-order chi connectivity index (χ0) is 12.0. The third-order valence-electron chi connectivity index (χ3n) is 2.19. The molecule has 0 atom stereocenters. The topological polar surface area (TPSA) is 48.7 Å². The first kappa shape index (κ1) is 12.8. The van der Waals surface area contributed by atoms with Gasteiger partial charge in [0.15, 0.2) is 0 Å². The van der Waals surface area contributed by atoms with E-state index in [1.807, 2.05) is 0 Å². The van der Waals surface area contributed by atoms with Crippen LogP contribution in [0.5, 0.6) is 0 Å². The quantitative estimate of drug-likeness (QED) is 0.630. The third kappa shape index (κ3) is 4.50. The molecule has 0 fully saturated rings. The SMILES string of the molecule is CC(C)CCCNc1cc(C#N)cc(Cl)n1. The van der Waals surface area contributed by atoms with E-state index in [1.54, 1.807) is 12.1 Å². The summed E-state index contributed by atoms with van der Waals surface area (Å²) in [6.45, 7) is 5.26. The van der Waals surface area contributed by atoms with Gasteiger partial charge < -0.3 is 5.32 Å². The van der Waals surface area contributed by atoms with Gasteiger partial charge in [0.1, 0.15) is 11.0 Å². The molecule has 0 aliphatic carbocycles. The van der Waals surface area contributed by atoms with Gasteiger partial charge >= 0.3 is 0 Å². The van der Waals surface area contributed by atoms with Crippen LogP contribution in [0.1, 0.15) is 32.3 Å². The van der Waals surface area contributed by atoms with E-state index in [1.165, 1.54) is 6.42 Å². The average Bonchev–Trinajstić information content (AvgIpc) is 2.23. The molecule has 1 aromatic heterocycles. The lowest BCUT2D eigenvalue weighted by molar-refractivity contribution is 0.566. The molecular weight excluding hydrogens is 222 g/mol. The van der Waals surface area contributed by atoms with E-state index in [9.17, 15) is 0 Å². The lowest BCUT2D eigenvalue weighted by Crippen LogP contribution is -2.05. The highest BCUT2D eigenvalue weighted by Crippen LogP contribution is 2.14. The number of rotatable bonds is 5. The van der Waals surface area contributed by atoms with Crippen LogP contribution < -0.4 is 5.32 Å². The first-order chi connectivity index (χ1) is 7.61. The normalized spacial score (nSPS) is 10.2. The van der Waals surface area contributed by atoms with Gasteiger partial charge in [-0.25, -0.2) is 4.98 Å². The lowest BCUT2D eigenvalue weighted by Gasteiger charge is -2.07. The molecule has 1 N–H and O–H groups in total. The van der Waals surface area contributed by atoms with E-state index in [0.29, 0.717) is 22.5 Å². The molecule has 1 heterocycles. The van der Waals surface area contributed by atoms with Gasteiger partial charge in [0, 0.05) is 6.54 Å². The number of hydrogen-bond acceptors (Lipinski definition) is 3. The van der Waals surface area contributed by atoms with Crippen LogP contribution in [0.2, 0.25) is 5.15 Å². The number of pyridine rings is 1. The fraction of sp³-hybridized carbons (Fsp3) is 0.500. The number of halogens is 1. The second-order valence-corrected chi connectivity index (χ2v) is 4.53. The molecule has 0 aromatic carbocycles. The van der Waals surface area contributed by atoms with Crippen LogP contribution in [0, 0.1) is 17.2 Å². The Bertz CT molecular complexity index is 382. The fourth-order valence-corrected chi connectivity index (χ4v) is 1.59. The van der Waals surface area contributed by atoms with Gasteiger partial charge in [0.05, 0.1) is 11.6 Å². The molecule has 16 heavy (non-hydrogen) atoms. The molecule has 3 nitrogen and oxygen atoms in total. The largest absolute Gasteiger partial charge is 0.370 e. The smallest absolute Gasteiger partial charge is 0.132 e. The van der Waals surface area contributed by atoms with Crippen molar-refractivity contribution in [1.82, 2.24) is 4.98 Å². The third-order valence-corrected chi connectivity index (χ3v) is 2.38. The Morgan fingerprint density at radius 1 is 1.50 bits per heavy atom. The summed E-state index contributed by atoms with van der Waals surface area (Å²) in [5.74, 6) is 1.39. The van der Waals surface area contributed by atoms with Crippen LogP contribution in [-0.4, -0.2) is 11.5 Å². The minimum atomic E-state index is 0.352. The van der Waals surface area contributed by atoms with Gasteiger partial charge in [0.25, 0.3) is 0 Å². The fourth-order valence-electron chi connectivity index (χ4n) is 1.38. The molecule has 0 saturated carbocycles. The first-order valence-corrected chi connectivity index (χ1v) is 5.81. The average molecular weight is 238 g/mol. The molecule has 0 amide bonds. The first-order valence-electron chi connectivity index (χ1n) is 5.43. The van der Waals surface area contributed by atoms with Crippen LogP contribution in [-0.2, 0) is 0 Å². The van der Waals surface area contributed by atoms with E-state index in [0.717, 1.165) is 13.0 Å². The summed E-state index contributed by atoms with van der Waals surface area (Å²) < 4.78 is 0. The maximum absolute atomic E-state index is 8.77. The van der Waals surface area contributed by atoms with Crippen molar-refractivity contribution < 1.29 is 0 Å². The second kappa shape index (κ2) is 6.34. The van der Waals surface area contributed by atoms with Crippen LogP contribution in [0.4, 0.5) is 5.82 Å². The van der Waals surface area contributed by atoms with Gasteiger partial charge in [-0.05, 0) is 30.9 Å². The minimum Gasteiger partial charge on any atom is -0.370 e. The summed E-state index contributed by atoms with van der Waals surface area (Å²) in [6.07, 6.45) is 2.27. The summed E-state index contributed by atoms with van der Waals surface area (Å²) in [4.78, 5) is 4.10. The van der Waals surface area contributed by atoms with E-state index in [4.69, 9.17) is 16.9 Å². The zero-order valence-electron chi connectivity index (χ0n) is 9.63. The highest BCUT2D eigenvalue weighted by molar-refractivity contribution is 6.29. The van der Waals surface area contributed by atoms with E-state index in [2.05, 4.69) is 30.2 Å². The summed E-state index contributed by atoms with van der Waals surface area (Å²) in [5.41, 5.74) is 0.534. The standard InChI is InChI=1S/C12H16ClN3/c1-9(2)4-3-5-15-12-7-10(8-14)6-11(13)16-12/h6-7,9H,3-5H2,1-2H3,(H,15,16). The highest BCUT2D eigenvalue weighted by Gasteiger charge is 2.00. The van der Waals surface area contributed by atoms with Crippen molar-refractivity contribution >= 4 is 17.4 Å². The Kier molecular flexibility index (Phi) is 5.07. The Labute approximate surface area is 101 Å². The van der Waals surface area contributed by atoms with Gasteiger partial charge in [0.2, 0.25) is 0 Å². The van der Waals surface area contributed by atoms with Crippen molar-refractivity contribution in [1.29, 1.82) is 5.26 Å². The predicted octanol–water partition coefficient (Wildman–Crippen LogP) is 3.45. The van der Waals surface area contributed by atoms with Crippen molar-refractivity contribution in [3.8, 4) is 6.07 Å². The van der Waals surface area contributed by atoms with E-state index >= 15 is 0 Å². The Balaban J connectivity index is 2.48. The van der Waals surface area contributed by atoms with Crippen LogP contribution >= 0.6 is 11.6 Å². The monoisotopic (exact) mass is 237 g/mol. The molecule has 4 heteroatoms. The number of anilines is 1. The van der Waals surface area contributed by atoms with E-state index < -0.39 is 0 Å². The summed E-state index contributed by atoms with van der Waals surface area (Å²) in [7, 11) is 0. The van der Waals surface area contributed by atoms with Gasteiger partial charge in [-0.2, -0.15) is 5.26 Å². The Morgan fingerprint density at radius 3 is 2.88 bits per heavy atom. The maximum atomic E-state index is 8.77. The molecule has 0 saturated heterocycles. The number of nitriles is 1. The van der Waals surface area contributed by atoms with Crippen LogP contribution in [0.25, 0.3) is 0 Å². The molecule has 0 bridgehead atoms. The van der Waals surface area contributed by atoms with Crippen molar-refractivity contribution in [2.45, 2.75) is 26.7 Å². The van der Waals surface area contributed by atoms with Crippen molar-refractivity contribution in [3.05, 3.63) is 22.8 Å². The van der Waals surface area contributed by atoms with E-state index in [-0.39, 0.29) is 0 Å². The summed E-state index contributed by atoms with van der Waals surface area (Å²) in [6, 6.07) is 5.32. The second-order valence-electron chi connectivity index (χ2n) is 4.14.